The fraction of sp³-hybridized carbons (Fsp3) is 0.727. The summed E-state index contributed by atoms with van der Waals surface area (Å²) >= 11 is 4.15. The maximum atomic E-state index is 4.50. The van der Waals surface area contributed by atoms with E-state index in [1.54, 1.807) is 0 Å². The lowest BCUT2D eigenvalue weighted by molar-refractivity contribution is 0.761. The molecule has 5 heteroatoms. The number of hydrogen-bond acceptors (Lipinski definition) is 4. The molecule has 90 valence electrons. The van der Waals surface area contributed by atoms with Crippen LogP contribution in [0.5, 0.6) is 0 Å². The molecule has 1 aliphatic heterocycles. The van der Waals surface area contributed by atoms with Gasteiger partial charge in [-0.25, -0.2) is 4.98 Å². The van der Waals surface area contributed by atoms with Crippen molar-refractivity contribution < 1.29 is 0 Å². The molecule has 1 aromatic rings. The number of hydrogen-bond donors (Lipinski definition) is 1. The Kier molecular flexibility index (Phi) is 4.46. The molecular weight excluding hydrogens is 238 g/mol. The summed E-state index contributed by atoms with van der Waals surface area (Å²) in [7, 11) is 0. The second-order valence-electron chi connectivity index (χ2n) is 3.94. The zero-order chi connectivity index (χ0) is 11.4. The normalized spacial score (nSPS) is 21.0. The van der Waals surface area contributed by atoms with Crippen molar-refractivity contribution in [3.05, 3.63) is 11.9 Å². The summed E-state index contributed by atoms with van der Waals surface area (Å²) in [6.45, 7) is 6.21. The first-order chi connectivity index (χ1) is 7.79. The molecule has 0 saturated carbocycles. The molecule has 1 saturated heterocycles. The lowest BCUT2D eigenvalue weighted by Crippen LogP contribution is -2.24. The first kappa shape index (κ1) is 12.2. The Morgan fingerprint density at radius 3 is 3.12 bits per heavy atom. The average molecular weight is 257 g/mol. The Bertz CT molecular complexity index is 332. The van der Waals surface area contributed by atoms with Gasteiger partial charge in [-0.05, 0) is 13.8 Å². The molecule has 16 heavy (non-hydrogen) atoms. The third-order valence-corrected chi connectivity index (χ3v) is 5.46. The zero-order valence-corrected chi connectivity index (χ0v) is 11.5. The highest BCUT2D eigenvalue weighted by Gasteiger charge is 2.14. The Morgan fingerprint density at radius 1 is 1.56 bits per heavy atom. The van der Waals surface area contributed by atoms with Crippen LogP contribution < -0.4 is 5.32 Å². The fourth-order valence-electron chi connectivity index (χ4n) is 1.79. The molecule has 0 amide bonds. The largest absolute Gasteiger partial charge is 0.355 e. The summed E-state index contributed by atoms with van der Waals surface area (Å²) in [5, 5.41) is 4.21. The fourth-order valence-corrected chi connectivity index (χ4v) is 4.40. The average Bonchev–Trinajstić information content (AvgIpc) is 2.68. The molecule has 2 heterocycles. The van der Waals surface area contributed by atoms with Crippen molar-refractivity contribution in [2.24, 2.45) is 0 Å². The number of anilines is 1. The SMILES string of the molecule is CCn1cc(C)nc1NCC1CSCCS1. The third kappa shape index (κ3) is 3.10. The van der Waals surface area contributed by atoms with Gasteiger partial charge in [0.25, 0.3) is 0 Å². The number of rotatable bonds is 4. The van der Waals surface area contributed by atoms with Gasteiger partial charge in [0.15, 0.2) is 0 Å². The molecular formula is C11H19N3S2. The maximum absolute atomic E-state index is 4.50. The number of nitrogens with zero attached hydrogens (tertiary/aromatic N) is 2. The van der Waals surface area contributed by atoms with Crippen LogP contribution in [-0.2, 0) is 6.54 Å². The van der Waals surface area contributed by atoms with Crippen molar-refractivity contribution in [2.45, 2.75) is 25.6 Å². The van der Waals surface area contributed by atoms with Crippen LogP contribution in [0.15, 0.2) is 6.20 Å². The smallest absolute Gasteiger partial charge is 0.203 e. The van der Waals surface area contributed by atoms with E-state index in [-0.39, 0.29) is 0 Å². The van der Waals surface area contributed by atoms with E-state index in [1.165, 1.54) is 17.3 Å². The van der Waals surface area contributed by atoms with E-state index in [0.717, 1.165) is 30.0 Å². The summed E-state index contributed by atoms with van der Waals surface area (Å²) in [5.41, 5.74) is 1.09. The predicted octanol–water partition coefficient (Wildman–Crippen LogP) is 2.47. The number of aromatic nitrogens is 2. The predicted molar refractivity (Wildman–Crippen MR) is 74.7 cm³/mol. The van der Waals surface area contributed by atoms with Crippen molar-refractivity contribution in [1.29, 1.82) is 0 Å². The van der Waals surface area contributed by atoms with E-state index in [0.29, 0.717) is 0 Å². The molecule has 2 rings (SSSR count). The molecule has 1 aliphatic rings. The van der Waals surface area contributed by atoms with Crippen molar-refractivity contribution in [1.82, 2.24) is 9.55 Å². The van der Waals surface area contributed by atoms with Gasteiger partial charge < -0.3 is 9.88 Å². The van der Waals surface area contributed by atoms with Crippen LogP contribution in [0.2, 0.25) is 0 Å². The molecule has 1 fully saturated rings. The molecule has 0 radical (unpaired) electrons. The molecule has 0 spiro atoms. The van der Waals surface area contributed by atoms with Gasteiger partial charge in [-0.15, -0.1) is 0 Å². The molecule has 1 atom stereocenters. The van der Waals surface area contributed by atoms with Crippen molar-refractivity contribution >= 4 is 29.5 Å². The first-order valence-electron chi connectivity index (χ1n) is 5.76. The van der Waals surface area contributed by atoms with Crippen LogP contribution in [-0.4, -0.2) is 38.6 Å². The van der Waals surface area contributed by atoms with Crippen LogP contribution in [0.1, 0.15) is 12.6 Å². The second-order valence-corrected chi connectivity index (χ2v) is 6.50. The standard InChI is InChI=1S/C11H19N3S2/c1-3-14-7-9(2)13-11(14)12-6-10-8-15-4-5-16-10/h7,10H,3-6,8H2,1-2H3,(H,12,13). The summed E-state index contributed by atoms with van der Waals surface area (Å²) in [4.78, 5) is 4.50. The number of nitrogens with one attached hydrogen (secondary N) is 1. The van der Waals surface area contributed by atoms with Gasteiger partial charge >= 0.3 is 0 Å². The molecule has 0 aliphatic carbocycles. The maximum Gasteiger partial charge on any atom is 0.203 e. The third-order valence-electron chi connectivity index (χ3n) is 2.61. The van der Waals surface area contributed by atoms with Gasteiger partial charge in [-0.3, -0.25) is 0 Å². The minimum Gasteiger partial charge on any atom is -0.355 e. The van der Waals surface area contributed by atoms with E-state index in [1.807, 2.05) is 6.92 Å². The lowest BCUT2D eigenvalue weighted by Gasteiger charge is -2.21. The quantitative estimate of drug-likeness (QED) is 0.897. The summed E-state index contributed by atoms with van der Waals surface area (Å²) in [6, 6.07) is 0. The first-order valence-corrected chi connectivity index (χ1v) is 7.97. The molecule has 1 N–H and O–H groups in total. The Morgan fingerprint density at radius 2 is 2.44 bits per heavy atom. The number of thioether (sulfide) groups is 2. The van der Waals surface area contributed by atoms with Gasteiger partial charge in [0, 0.05) is 41.8 Å². The Labute approximate surface area is 106 Å². The van der Waals surface area contributed by atoms with E-state index >= 15 is 0 Å². The summed E-state index contributed by atoms with van der Waals surface area (Å²) in [6.07, 6.45) is 2.10. The number of imidazole rings is 1. The van der Waals surface area contributed by atoms with Crippen molar-refractivity contribution in [3.8, 4) is 0 Å². The summed E-state index contributed by atoms with van der Waals surface area (Å²) in [5.74, 6) is 4.89. The van der Waals surface area contributed by atoms with E-state index in [9.17, 15) is 0 Å². The van der Waals surface area contributed by atoms with Gasteiger partial charge in [0.05, 0.1) is 5.69 Å². The van der Waals surface area contributed by atoms with Gasteiger partial charge in [0.1, 0.15) is 0 Å². The molecule has 1 unspecified atom stereocenters. The highest BCUT2D eigenvalue weighted by molar-refractivity contribution is 8.06. The van der Waals surface area contributed by atoms with Crippen molar-refractivity contribution in [2.75, 3.05) is 29.1 Å². The van der Waals surface area contributed by atoms with E-state index in [4.69, 9.17) is 0 Å². The van der Waals surface area contributed by atoms with Crippen molar-refractivity contribution in [3.63, 3.8) is 0 Å². The minimum absolute atomic E-state index is 0.737. The van der Waals surface area contributed by atoms with E-state index < -0.39 is 0 Å². The minimum atomic E-state index is 0.737. The molecule has 0 bridgehead atoms. The second kappa shape index (κ2) is 5.87. The number of aryl methyl sites for hydroxylation is 2. The molecule has 0 aromatic carbocycles. The monoisotopic (exact) mass is 257 g/mol. The highest BCUT2D eigenvalue weighted by atomic mass is 32.2. The molecule has 1 aromatic heterocycles. The Hall–Kier alpha value is -0.290. The van der Waals surface area contributed by atoms with Crippen LogP contribution in [0.25, 0.3) is 0 Å². The Balaban J connectivity index is 1.87. The van der Waals surface area contributed by atoms with Gasteiger partial charge in [-0.1, -0.05) is 0 Å². The van der Waals surface area contributed by atoms with Gasteiger partial charge in [0.2, 0.25) is 5.95 Å². The van der Waals surface area contributed by atoms with Crippen LogP contribution in [0, 0.1) is 6.92 Å². The summed E-state index contributed by atoms with van der Waals surface area (Å²) < 4.78 is 2.18. The zero-order valence-electron chi connectivity index (χ0n) is 9.90. The highest BCUT2D eigenvalue weighted by Crippen LogP contribution is 2.24. The van der Waals surface area contributed by atoms with Crippen LogP contribution in [0.4, 0.5) is 5.95 Å². The van der Waals surface area contributed by atoms with Crippen LogP contribution >= 0.6 is 23.5 Å². The van der Waals surface area contributed by atoms with Gasteiger partial charge in [-0.2, -0.15) is 23.5 Å². The molecule has 3 nitrogen and oxygen atoms in total. The lowest BCUT2D eigenvalue weighted by atomic mass is 10.5. The van der Waals surface area contributed by atoms with E-state index in [2.05, 4.69) is 51.5 Å². The van der Waals surface area contributed by atoms with Crippen LogP contribution in [0.3, 0.4) is 0 Å². The topological polar surface area (TPSA) is 29.9 Å².